The summed E-state index contributed by atoms with van der Waals surface area (Å²) in [5.74, 6) is -0.0794. The molecule has 0 aliphatic heterocycles. The van der Waals surface area contributed by atoms with Gasteiger partial charge in [-0.15, -0.1) is 0 Å². The molecule has 0 atom stereocenters. The molecule has 0 saturated heterocycles. The fourth-order valence-electron chi connectivity index (χ4n) is 3.21. The van der Waals surface area contributed by atoms with Crippen LogP contribution in [0.25, 0.3) is 0 Å². The van der Waals surface area contributed by atoms with Crippen molar-refractivity contribution < 1.29 is 9.53 Å². The van der Waals surface area contributed by atoms with Crippen LogP contribution >= 0.6 is 0 Å². The van der Waals surface area contributed by atoms with Gasteiger partial charge in [0.05, 0.1) is 7.11 Å². The maximum absolute atomic E-state index is 11.0. The molecule has 1 aromatic heterocycles. The average molecular weight is 336 g/mol. The Bertz CT molecular complexity index is 451. The summed E-state index contributed by atoms with van der Waals surface area (Å²) in [5.41, 5.74) is 2.98. The van der Waals surface area contributed by atoms with Crippen LogP contribution in [-0.4, -0.2) is 17.6 Å². The Morgan fingerprint density at radius 3 is 2.29 bits per heavy atom. The minimum Gasteiger partial charge on any atom is -0.469 e. The van der Waals surface area contributed by atoms with Crippen molar-refractivity contribution in [3.8, 4) is 0 Å². The first-order chi connectivity index (χ1) is 11.7. The highest BCUT2D eigenvalue weighted by Crippen LogP contribution is 2.15. The standard InChI is InChI=1S/C21H37NO2/c1-4-5-6-11-14-19-17-20(22(2)18-19)15-12-9-7-8-10-13-16-21(23)24-3/h17-18H,4-16H2,1-3H3. The summed E-state index contributed by atoms with van der Waals surface area (Å²) < 4.78 is 6.96. The van der Waals surface area contributed by atoms with E-state index in [1.807, 2.05) is 0 Å². The molecule has 0 N–H and O–H groups in total. The minimum atomic E-state index is -0.0794. The largest absolute Gasteiger partial charge is 0.469 e. The molecule has 1 rings (SSSR count). The van der Waals surface area contributed by atoms with E-state index in [1.54, 1.807) is 0 Å². The van der Waals surface area contributed by atoms with Gasteiger partial charge in [-0.05, 0) is 43.7 Å². The van der Waals surface area contributed by atoms with Crippen LogP contribution < -0.4 is 0 Å². The lowest BCUT2D eigenvalue weighted by atomic mass is 10.1. The number of methoxy groups -OCH3 is 1. The number of hydrogen-bond acceptors (Lipinski definition) is 2. The fourth-order valence-corrected chi connectivity index (χ4v) is 3.21. The molecule has 1 aromatic rings. The van der Waals surface area contributed by atoms with E-state index in [9.17, 15) is 4.79 Å². The van der Waals surface area contributed by atoms with E-state index in [1.165, 1.54) is 82.6 Å². The van der Waals surface area contributed by atoms with Crippen LogP contribution in [0.4, 0.5) is 0 Å². The van der Waals surface area contributed by atoms with E-state index in [-0.39, 0.29) is 5.97 Å². The number of esters is 1. The maximum Gasteiger partial charge on any atom is 0.305 e. The molecule has 0 saturated carbocycles. The van der Waals surface area contributed by atoms with Gasteiger partial charge in [0.1, 0.15) is 0 Å². The van der Waals surface area contributed by atoms with Crippen molar-refractivity contribution in [1.29, 1.82) is 0 Å². The maximum atomic E-state index is 11.0. The van der Waals surface area contributed by atoms with E-state index >= 15 is 0 Å². The number of nitrogens with zero attached hydrogens (tertiary/aromatic N) is 1. The third kappa shape index (κ3) is 9.14. The average Bonchev–Trinajstić information content (AvgIpc) is 2.93. The Balaban J connectivity index is 2.08. The zero-order valence-electron chi connectivity index (χ0n) is 16.1. The summed E-state index contributed by atoms with van der Waals surface area (Å²) in [7, 11) is 3.64. The van der Waals surface area contributed by atoms with E-state index < -0.39 is 0 Å². The van der Waals surface area contributed by atoms with Gasteiger partial charge in [-0.1, -0.05) is 51.9 Å². The van der Waals surface area contributed by atoms with Gasteiger partial charge in [0, 0.05) is 25.4 Å². The second kappa shape index (κ2) is 13.1. The van der Waals surface area contributed by atoms with Crippen molar-refractivity contribution in [2.24, 2.45) is 7.05 Å². The number of carbonyl (C=O) groups excluding carboxylic acids is 1. The molecule has 0 fully saturated rings. The molecule has 0 amide bonds. The molecule has 3 heteroatoms. The van der Waals surface area contributed by atoms with Crippen molar-refractivity contribution in [2.75, 3.05) is 7.11 Å². The fraction of sp³-hybridized carbons (Fsp3) is 0.762. The monoisotopic (exact) mass is 335 g/mol. The number of ether oxygens (including phenoxy) is 1. The van der Waals surface area contributed by atoms with Crippen LogP contribution in [0.5, 0.6) is 0 Å². The normalized spacial score (nSPS) is 11.0. The second-order valence-electron chi connectivity index (χ2n) is 6.96. The Hall–Kier alpha value is -1.25. The smallest absolute Gasteiger partial charge is 0.305 e. The minimum absolute atomic E-state index is 0.0794. The Morgan fingerprint density at radius 2 is 1.58 bits per heavy atom. The van der Waals surface area contributed by atoms with Crippen molar-refractivity contribution in [3.63, 3.8) is 0 Å². The van der Waals surface area contributed by atoms with E-state index in [0.717, 1.165) is 12.8 Å². The van der Waals surface area contributed by atoms with Crippen LogP contribution in [-0.2, 0) is 29.4 Å². The Labute approximate surface area is 148 Å². The highest BCUT2D eigenvalue weighted by molar-refractivity contribution is 5.68. The van der Waals surface area contributed by atoms with Crippen LogP contribution in [0, 0.1) is 0 Å². The quantitative estimate of drug-likeness (QED) is 0.327. The lowest BCUT2D eigenvalue weighted by molar-refractivity contribution is -0.140. The van der Waals surface area contributed by atoms with Gasteiger partial charge >= 0.3 is 5.97 Å². The number of carbonyl (C=O) groups is 1. The van der Waals surface area contributed by atoms with Gasteiger partial charge in [0.15, 0.2) is 0 Å². The van der Waals surface area contributed by atoms with Crippen LogP contribution in [0.1, 0.15) is 88.8 Å². The predicted molar refractivity (Wildman–Crippen MR) is 101 cm³/mol. The third-order valence-electron chi connectivity index (χ3n) is 4.78. The van der Waals surface area contributed by atoms with Gasteiger partial charge in [0.25, 0.3) is 0 Å². The zero-order chi connectivity index (χ0) is 17.6. The topological polar surface area (TPSA) is 31.2 Å². The van der Waals surface area contributed by atoms with Crippen LogP contribution in [0.15, 0.2) is 12.3 Å². The summed E-state index contributed by atoms with van der Waals surface area (Å²) in [6.45, 7) is 2.26. The molecule has 0 spiro atoms. The van der Waals surface area contributed by atoms with Gasteiger partial charge in [0.2, 0.25) is 0 Å². The van der Waals surface area contributed by atoms with E-state index in [0.29, 0.717) is 6.42 Å². The first kappa shape index (κ1) is 20.8. The summed E-state index contributed by atoms with van der Waals surface area (Å²) in [6, 6.07) is 2.41. The van der Waals surface area contributed by atoms with Crippen LogP contribution in [0.3, 0.4) is 0 Å². The van der Waals surface area contributed by atoms with Crippen molar-refractivity contribution >= 4 is 5.97 Å². The molecular weight excluding hydrogens is 298 g/mol. The molecule has 0 aromatic carbocycles. The van der Waals surface area contributed by atoms with Crippen molar-refractivity contribution in [1.82, 2.24) is 4.57 Å². The SMILES string of the molecule is CCCCCCc1cc(CCCCCCCCC(=O)OC)n(C)c1. The lowest BCUT2D eigenvalue weighted by Crippen LogP contribution is -1.99. The highest BCUT2D eigenvalue weighted by Gasteiger charge is 2.04. The molecule has 0 aliphatic carbocycles. The molecule has 3 nitrogen and oxygen atoms in total. The zero-order valence-corrected chi connectivity index (χ0v) is 16.1. The molecule has 0 bridgehead atoms. The molecule has 138 valence electrons. The first-order valence-corrected chi connectivity index (χ1v) is 9.88. The summed E-state index contributed by atoms with van der Waals surface area (Å²) in [4.78, 5) is 11.0. The van der Waals surface area contributed by atoms with E-state index in [4.69, 9.17) is 0 Å². The van der Waals surface area contributed by atoms with E-state index in [2.05, 4.69) is 35.5 Å². The number of unbranched alkanes of at least 4 members (excludes halogenated alkanes) is 8. The molecule has 0 aliphatic rings. The number of aryl methyl sites for hydroxylation is 3. The predicted octanol–water partition coefficient (Wildman–Crippen LogP) is 5.59. The second-order valence-corrected chi connectivity index (χ2v) is 6.96. The Morgan fingerprint density at radius 1 is 0.958 bits per heavy atom. The van der Waals surface area contributed by atoms with Gasteiger partial charge < -0.3 is 9.30 Å². The summed E-state index contributed by atoms with van der Waals surface area (Å²) in [6.07, 6.45) is 17.8. The van der Waals surface area contributed by atoms with Crippen molar-refractivity contribution in [3.05, 3.63) is 23.5 Å². The summed E-state index contributed by atoms with van der Waals surface area (Å²) >= 11 is 0. The number of hydrogen-bond donors (Lipinski definition) is 0. The number of rotatable bonds is 14. The molecular formula is C21H37NO2. The lowest BCUT2D eigenvalue weighted by Gasteiger charge is -2.03. The van der Waals surface area contributed by atoms with Gasteiger partial charge in [-0.2, -0.15) is 0 Å². The van der Waals surface area contributed by atoms with Gasteiger partial charge in [-0.3, -0.25) is 4.79 Å². The highest BCUT2D eigenvalue weighted by atomic mass is 16.5. The van der Waals surface area contributed by atoms with Crippen LogP contribution in [0.2, 0.25) is 0 Å². The first-order valence-electron chi connectivity index (χ1n) is 9.88. The molecule has 24 heavy (non-hydrogen) atoms. The molecule has 1 heterocycles. The van der Waals surface area contributed by atoms with Crippen molar-refractivity contribution in [2.45, 2.75) is 90.4 Å². The molecule has 0 radical (unpaired) electrons. The summed E-state index contributed by atoms with van der Waals surface area (Å²) in [5, 5.41) is 0. The third-order valence-corrected chi connectivity index (χ3v) is 4.78. The van der Waals surface area contributed by atoms with Gasteiger partial charge in [-0.25, -0.2) is 0 Å². The Kier molecular flexibility index (Phi) is 11.3. The molecule has 0 unspecified atom stereocenters. The number of aromatic nitrogens is 1.